The van der Waals surface area contributed by atoms with Crippen molar-refractivity contribution in [2.75, 3.05) is 5.43 Å². The van der Waals surface area contributed by atoms with Crippen molar-refractivity contribution in [3.05, 3.63) is 62.3 Å². The lowest BCUT2D eigenvalue weighted by Gasteiger charge is -2.29. The van der Waals surface area contributed by atoms with E-state index in [1.54, 1.807) is 0 Å². The van der Waals surface area contributed by atoms with Gasteiger partial charge in [0.25, 0.3) is 11.5 Å². The number of rotatable bonds is 5. The van der Waals surface area contributed by atoms with E-state index in [1.165, 1.54) is 18.2 Å². The normalized spacial score (nSPS) is 23.2. The summed E-state index contributed by atoms with van der Waals surface area (Å²) in [6, 6.07) is 5.43. The smallest absolute Gasteiger partial charge is 0.374 e. The second-order valence-corrected chi connectivity index (χ2v) is 8.93. The van der Waals surface area contributed by atoms with E-state index in [2.05, 4.69) is 16.0 Å². The molecule has 1 aliphatic heterocycles. The van der Waals surface area contributed by atoms with Crippen LogP contribution in [-0.2, 0) is 15.2 Å². The highest BCUT2D eigenvalue weighted by atomic mass is 35.5. The van der Waals surface area contributed by atoms with Gasteiger partial charge in [-0.05, 0) is 24.3 Å². The lowest BCUT2D eigenvalue weighted by molar-refractivity contribution is -0.275. The number of hydrogen-bond acceptors (Lipinski definition) is 4. The summed E-state index contributed by atoms with van der Waals surface area (Å²) in [5.74, 6) is -6.60. The Hall–Kier alpha value is -2.37. The predicted octanol–water partition coefficient (Wildman–Crippen LogP) is 6.47. The van der Waals surface area contributed by atoms with E-state index >= 15 is 0 Å². The zero-order chi connectivity index (χ0) is 25.1. The van der Waals surface area contributed by atoms with E-state index in [0.717, 1.165) is 12.1 Å². The summed E-state index contributed by atoms with van der Waals surface area (Å²) < 4.78 is 82.2. The predicted molar refractivity (Wildman–Crippen MR) is 113 cm³/mol. The standard InChI is InChI=1S/C20H12Cl3F6N3O2/c21-11-2-1-8(3-14(11)30-31-17(33)10-6-19(10,25)26)15-7-18(34-32-15,20(27,28)29)9-4-12(22)16(24)13(23)5-9/h1-5,10,30H,6-7H2,(H,31,33)/t10-,18-/m0/s1. The van der Waals surface area contributed by atoms with Gasteiger partial charge in [0.1, 0.15) is 5.92 Å². The minimum atomic E-state index is -5.00. The minimum Gasteiger partial charge on any atom is -0.374 e. The van der Waals surface area contributed by atoms with E-state index in [-0.39, 0.29) is 22.0 Å². The van der Waals surface area contributed by atoms with Crippen molar-refractivity contribution in [2.45, 2.75) is 30.5 Å². The highest BCUT2D eigenvalue weighted by Gasteiger charge is 2.63. The van der Waals surface area contributed by atoms with Crippen LogP contribution < -0.4 is 10.9 Å². The number of hydrazine groups is 1. The molecule has 0 bridgehead atoms. The second-order valence-electron chi connectivity index (χ2n) is 7.71. The summed E-state index contributed by atoms with van der Waals surface area (Å²) in [6.07, 6.45) is -6.41. The molecule has 0 unspecified atom stereocenters. The zero-order valence-corrected chi connectivity index (χ0v) is 18.8. The molecule has 1 fully saturated rings. The first-order chi connectivity index (χ1) is 15.7. The van der Waals surface area contributed by atoms with Gasteiger partial charge in [0.15, 0.2) is 5.82 Å². The molecule has 2 aliphatic rings. The Bertz CT molecular complexity index is 1180. The van der Waals surface area contributed by atoms with Gasteiger partial charge in [0, 0.05) is 24.0 Å². The van der Waals surface area contributed by atoms with Crippen LogP contribution >= 0.6 is 34.8 Å². The van der Waals surface area contributed by atoms with Crippen LogP contribution in [0.3, 0.4) is 0 Å². The first-order valence-electron chi connectivity index (χ1n) is 9.45. The van der Waals surface area contributed by atoms with Crippen LogP contribution in [0.1, 0.15) is 24.0 Å². The third-order valence-electron chi connectivity index (χ3n) is 5.40. The van der Waals surface area contributed by atoms with Crippen molar-refractivity contribution < 1.29 is 36.0 Å². The van der Waals surface area contributed by atoms with Gasteiger partial charge in [-0.3, -0.25) is 15.6 Å². The van der Waals surface area contributed by atoms with Gasteiger partial charge < -0.3 is 4.84 Å². The third-order valence-corrected chi connectivity index (χ3v) is 6.28. The fourth-order valence-electron chi connectivity index (χ4n) is 3.36. The molecule has 2 aromatic rings. The monoisotopic (exact) mass is 545 g/mol. The second kappa shape index (κ2) is 8.39. The molecule has 0 radical (unpaired) electrons. The van der Waals surface area contributed by atoms with Crippen LogP contribution in [0.15, 0.2) is 35.5 Å². The Morgan fingerprint density at radius 2 is 1.71 bits per heavy atom. The Morgan fingerprint density at radius 3 is 2.26 bits per heavy atom. The quantitative estimate of drug-likeness (QED) is 0.257. The molecule has 182 valence electrons. The number of carbonyl (C=O) groups excluding carboxylic acids is 1. The number of hydrogen-bond donors (Lipinski definition) is 2. The van der Waals surface area contributed by atoms with Gasteiger partial charge in [-0.1, -0.05) is 46.0 Å². The number of carbonyl (C=O) groups is 1. The van der Waals surface area contributed by atoms with Crippen LogP contribution in [0.5, 0.6) is 0 Å². The van der Waals surface area contributed by atoms with Crippen molar-refractivity contribution in [2.24, 2.45) is 11.1 Å². The molecule has 0 aromatic heterocycles. The molecule has 34 heavy (non-hydrogen) atoms. The molecule has 4 rings (SSSR count). The molecule has 1 amide bonds. The molecule has 2 aromatic carbocycles. The van der Waals surface area contributed by atoms with Crippen molar-refractivity contribution in [1.82, 2.24) is 5.43 Å². The number of alkyl halides is 5. The number of nitrogens with zero attached hydrogens (tertiary/aromatic N) is 1. The van der Waals surface area contributed by atoms with Crippen LogP contribution in [0.4, 0.5) is 32.0 Å². The maximum atomic E-state index is 14.1. The Kier molecular flexibility index (Phi) is 6.10. The first-order valence-corrected chi connectivity index (χ1v) is 10.6. The lowest BCUT2D eigenvalue weighted by atomic mass is 9.86. The molecule has 0 spiro atoms. The Balaban J connectivity index is 1.59. The first kappa shape index (κ1) is 24.7. The Labute approximate surface area is 202 Å². The molecule has 5 nitrogen and oxygen atoms in total. The molecule has 2 N–H and O–H groups in total. The lowest BCUT2D eigenvalue weighted by Crippen LogP contribution is -2.42. The van der Waals surface area contributed by atoms with Crippen molar-refractivity contribution in [3.63, 3.8) is 0 Å². The zero-order valence-electron chi connectivity index (χ0n) is 16.5. The van der Waals surface area contributed by atoms with Crippen molar-refractivity contribution in [1.29, 1.82) is 0 Å². The van der Waals surface area contributed by atoms with Crippen LogP contribution in [0.2, 0.25) is 15.1 Å². The summed E-state index contributed by atoms with van der Waals surface area (Å²) in [6.45, 7) is 0. The molecule has 1 aliphatic carbocycles. The fraction of sp³-hybridized carbons (Fsp3) is 0.300. The molecule has 0 saturated heterocycles. The summed E-state index contributed by atoms with van der Waals surface area (Å²) in [5.41, 5.74) is 0.911. The maximum Gasteiger partial charge on any atom is 0.435 e. The van der Waals surface area contributed by atoms with E-state index < -0.39 is 63.8 Å². The van der Waals surface area contributed by atoms with Gasteiger partial charge >= 0.3 is 6.18 Å². The molecule has 1 heterocycles. The number of amides is 1. The van der Waals surface area contributed by atoms with E-state index in [4.69, 9.17) is 39.6 Å². The van der Waals surface area contributed by atoms with Crippen molar-refractivity contribution >= 4 is 52.1 Å². The number of nitrogens with one attached hydrogen (secondary N) is 2. The van der Waals surface area contributed by atoms with Crippen LogP contribution in [0.25, 0.3) is 0 Å². The average molecular weight is 547 g/mol. The summed E-state index contributed by atoms with van der Waals surface area (Å²) >= 11 is 17.4. The van der Waals surface area contributed by atoms with Gasteiger partial charge in [-0.2, -0.15) is 13.2 Å². The SMILES string of the molecule is O=C(NNc1cc(C2=NO[C@@](c3cc(Cl)c(F)c(Cl)c3)(C(F)(F)F)C2)ccc1Cl)[C@@H]1CC1(F)F. The summed E-state index contributed by atoms with van der Waals surface area (Å²) in [5, 5.41) is 2.36. The average Bonchev–Trinajstić information content (AvgIpc) is 3.17. The fourth-order valence-corrected chi connectivity index (χ4v) is 4.01. The minimum absolute atomic E-state index is 0.0246. The highest BCUT2D eigenvalue weighted by molar-refractivity contribution is 6.35. The largest absolute Gasteiger partial charge is 0.435 e. The molecule has 1 saturated carbocycles. The number of oxime groups is 1. The third kappa shape index (κ3) is 4.36. The molecule has 2 atom stereocenters. The number of anilines is 1. The van der Waals surface area contributed by atoms with Crippen LogP contribution in [0, 0.1) is 11.7 Å². The summed E-state index contributed by atoms with van der Waals surface area (Å²) in [7, 11) is 0. The van der Waals surface area contributed by atoms with Gasteiger partial charge in [-0.15, -0.1) is 0 Å². The van der Waals surface area contributed by atoms with E-state index in [1.807, 2.05) is 0 Å². The Morgan fingerprint density at radius 1 is 1.09 bits per heavy atom. The molecule has 14 heteroatoms. The number of benzene rings is 2. The van der Waals surface area contributed by atoms with Gasteiger partial charge in [0.05, 0.1) is 26.5 Å². The van der Waals surface area contributed by atoms with E-state index in [9.17, 15) is 31.1 Å². The van der Waals surface area contributed by atoms with Crippen molar-refractivity contribution in [3.8, 4) is 0 Å². The molecular formula is C20H12Cl3F6N3O2. The number of halogens is 9. The maximum absolute atomic E-state index is 14.1. The highest BCUT2D eigenvalue weighted by Crippen LogP contribution is 2.50. The van der Waals surface area contributed by atoms with Gasteiger partial charge in [0.2, 0.25) is 5.91 Å². The van der Waals surface area contributed by atoms with Gasteiger partial charge in [-0.25, -0.2) is 13.2 Å². The summed E-state index contributed by atoms with van der Waals surface area (Å²) in [4.78, 5) is 16.6. The molecular weight excluding hydrogens is 535 g/mol. The van der Waals surface area contributed by atoms with E-state index in [0.29, 0.717) is 0 Å². The topological polar surface area (TPSA) is 62.7 Å². The van der Waals surface area contributed by atoms with Crippen LogP contribution in [-0.4, -0.2) is 23.7 Å².